The Morgan fingerprint density at radius 3 is 2.59 bits per heavy atom. The topological polar surface area (TPSA) is 69.1 Å². The lowest BCUT2D eigenvalue weighted by molar-refractivity contribution is 0.198. The van der Waals surface area contributed by atoms with E-state index < -0.39 is 0 Å². The van der Waals surface area contributed by atoms with E-state index in [9.17, 15) is 5.11 Å². The van der Waals surface area contributed by atoms with Crippen molar-refractivity contribution in [2.75, 3.05) is 33.8 Å². The Labute approximate surface area is 173 Å². The van der Waals surface area contributed by atoms with Gasteiger partial charge in [0.05, 0.1) is 7.11 Å². The van der Waals surface area contributed by atoms with Gasteiger partial charge < -0.3 is 20.5 Å². The van der Waals surface area contributed by atoms with Gasteiger partial charge in [-0.2, -0.15) is 0 Å². The number of ether oxygens (including phenoxy) is 1. The molecule has 2 aromatic rings. The molecule has 1 aliphatic rings. The number of phenolic OH excluding ortho intramolecular Hbond substituents is 1. The van der Waals surface area contributed by atoms with Crippen LogP contribution in [0.3, 0.4) is 0 Å². The van der Waals surface area contributed by atoms with Gasteiger partial charge in [-0.15, -0.1) is 0 Å². The van der Waals surface area contributed by atoms with E-state index in [1.54, 1.807) is 20.2 Å². The lowest BCUT2D eigenvalue weighted by Gasteiger charge is -2.33. The first-order valence-corrected chi connectivity index (χ1v) is 10.3. The third-order valence-corrected chi connectivity index (χ3v) is 5.38. The van der Waals surface area contributed by atoms with Crippen LogP contribution in [-0.4, -0.2) is 55.8 Å². The van der Waals surface area contributed by atoms with E-state index in [-0.39, 0.29) is 5.75 Å². The molecule has 156 valence electrons. The summed E-state index contributed by atoms with van der Waals surface area (Å²) in [6.07, 6.45) is 2.92. The maximum absolute atomic E-state index is 10.1. The van der Waals surface area contributed by atoms with Crippen molar-refractivity contribution in [2.24, 2.45) is 4.99 Å². The molecule has 0 amide bonds. The maximum Gasteiger partial charge on any atom is 0.191 e. The number of nitrogens with one attached hydrogen (secondary N) is 2. The van der Waals surface area contributed by atoms with Gasteiger partial charge in [0.15, 0.2) is 5.96 Å². The molecular formula is C23H32N4O2. The number of hydrogen-bond acceptors (Lipinski definition) is 4. The Bertz CT molecular complexity index is 787. The normalized spacial score (nSPS) is 15.9. The van der Waals surface area contributed by atoms with E-state index >= 15 is 0 Å². The summed E-state index contributed by atoms with van der Waals surface area (Å²) in [4.78, 5) is 6.86. The summed E-state index contributed by atoms with van der Waals surface area (Å²) in [7, 11) is 3.39. The molecular weight excluding hydrogens is 364 g/mol. The molecule has 6 heteroatoms. The van der Waals surface area contributed by atoms with E-state index in [2.05, 4.69) is 50.9 Å². The van der Waals surface area contributed by atoms with Gasteiger partial charge >= 0.3 is 0 Å². The molecule has 1 aliphatic heterocycles. The van der Waals surface area contributed by atoms with Crippen LogP contribution in [-0.2, 0) is 13.0 Å². The molecule has 0 radical (unpaired) electrons. The van der Waals surface area contributed by atoms with Gasteiger partial charge in [-0.1, -0.05) is 36.4 Å². The summed E-state index contributed by atoms with van der Waals surface area (Å²) >= 11 is 0. The number of hydrogen-bond donors (Lipinski definition) is 3. The zero-order valence-electron chi connectivity index (χ0n) is 17.4. The van der Waals surface area contributed by atoms with Crippen molar-refractivity contribution in [1.29, 1.82) is 0 Å². The zero-order valence-corrected chi connectivity index (χ0v) is 17.4. The van der Waals surface area contributed by atoms with Gasteiger partial charge in [-0.3, -0.25) is 9.89 Å². The fourth-order valence-electron chi connectivity index (χ4n) is 3.66. The minimum Gasteiger partial charge on any atom is -0.508 e. The minimum atomic E-state index is 0.264. The van der Waals surface area contributed by atoms with Crippen molar-refractivity contribution in [3.8, 4) is 11.5 Å². The van der Waals surface area contributed by atoms with Crippen molar-refractivity contribution in [1.82, 2.24) is 15.5 Å². The van der Waals surface area contributed by atoms with Crippen LogP contribution < -0.4 is 15.4 Å². The first-order valence-electron chi connectivity index (χ1n) is 10.3. The molecule has 29 heavy (non-hydrogen) atoms. The second-order valence-corrected chi connectivity index (χ2v) is 7.42. The number of aliphatic imine (C=N–C) groups is 1. The maximum atomic E-state index is 10.1. The van der Waals surface area contributed by atoms with Gasteiger partial charge in [0, 0.05) is 45.3 Å². The van der Waals surface area contributed by atoms with E-state index in [1.165, 1.54) is 5.56 Å². The van der Waals surface area contributed by atoms with Crippen molar-refractivity contribution in [3.63, 3.8) is 0 Å². The van der Waals surface area contributed by atoms with Crippen LogP contribution in [0.25, 0.3) is 0 Å². The number of likely N-dealkylation sites (tertiary alicyclic amines) is 1. The summed E-state index contributed by atoms with van der Waals surface area (Å²) in [6, 6.07) is 16.5. The van der Waals surface area contributed by atoms with E-state index in [0.717, 1.165) is 44.0 Å². The molecule has 0 unspecified atom stereocenters. The number of methoxy groups -OCH3 is 1. The molecule has 0 saturated carbocycles. The highest BCUT2D eigenvalue weighted by atomic mass is 16.5. The lowest BCUT2D eigenvalue weighted by atomic mass is 10.0. The van der Waals surface area contributed by atoms with Crippen LogP contribution in [0.4, 0.5) is 0 Å². The predicted octanol–water partition coefficient (Wildman–Crippen LogP) is 2.77. The molecule has 1 fully saturated rings. The molecule has 0 bridgehead atoms. The second-order valence-electron chi connectivity index (χ2n) is 7.42. The average molecular weight is 397 g/mol. The fourth-order valence-corrected chi connectivity index (χ4v) is 3.66. The molecule has 0 aliphatic carbocycles. The molecule has 0 aromatic heterocycles. The summed E-state index contributed by atoms with van der Waals surface area (Å²) < 4.78 is 5.13. The zero-order chi connectivity index (χ0) is 20.5. The van der Waals surface area contributed by atoms with Crippen LogP contribution >= 0.6 is 0 Å². The Morgan fingerprint density at radius 1 is 1.17 bits per heavy atom. The standard InChI is InChI=1S/C23H32N4O2/c1-24-23(25-13-10-19-8-9-21(29-2)16-22(19)28)26-20-11-14-27(15-12-20)17-18-6-4-3-5-7-18/h3-9,16,20,28H,10-15,17H2,1-2H3,(H2,24,25,26). The average Bonchev–Trinajstić information content (AvgIpc) is 2.76. The third-order valence-electron chi connectivity index (χ3n) is 5.38. The summed E-state index contributed by atoms with van der Waals surface area (Å²) in [5.41, 5.74) is 2.26. The second kappa shape index (κ2) is 10.7. The molecule has 1 saturated heterocycles. The number of rotatable bonds is 7. The number of aromatic hydroxyl groups is 1. The Kier molecular flexibility index (Phi) is 7.76. The number of phenols is 1. The van der Waals surface area contributed by atoms with Crippen molar-refractivity contribution >= 4 is 5.96 Å². The monoisotopic (exact) mass is 396 g/mol. The highest BCUT2D eigenvalue weighted by molar-refractivity contribution is 5.80. The number of piperidine rings is 1. The van der Waals surface area contributed by atoms with Gasteiger partial charge in [0.1, 0.15) is 11.5 Å². The Morgan fingerprint density at radius 2 is 1.93 bits per heavy atom. The molecule has 1 heterocycles. The molecule has 6 nitrogen and oxygen atoms in total. The number of guanidine groups is 1. The summed E-state index contributed by atoms with van der Waals surface area (Å²) in [6.45, 7) is 3.89. The third kappa shape index (κ3) is 6.39. The highest BCUT2D eigenvalue weighted by Crippen LogP contribution is 2.23. The number of benzene rings is 2. The lowest BCUT2D eigenvalue weighted by Crippen LogP contribution is -2.48. The van der Waals surface area contributed by atoms with Gasteiger partial charge in [0.2, 0.25) is 0 Å². The van der Waals surface area contributed by atoms with Crippen LogP contribution in [0.1, 0.15) is 24.0 Å². The summed E-state index contributed by atoms with van der Waals surface area (Å²) in [5, 5.41) is 17.0. The van der Waals surface area contributed by atoms with Crippen molar-refractivity contribution in [3.05, 3.63) is 59.7 Å². The fraction of sp³-hybridized carbons (Fsp3) is 0.435. The number of nitrogens with zero attached hydrogens (tertiary/aromatic N) is 2. The van der Waals surface area contributed by atoms with Gasteiger partial charge in [-0.05, 0) is 36.5 Å². The van der Waals surface area contributed by atoms with E-state index in [1.807, 2.05) is 12.1 Å². The van der Waals surface area contributed by atoms with Crippen molar-refractivity contribution < 1.29 is 9.84 Å². The Hall–Kier alpha value is -2.73. The molecule has 3 rings (SSSR count). The molecule has 0 atom stereocenters. The van der Waals surface area contributed by atoms with Crippen molar-refractivity contribution in [2.45, 2.75) is 31.8 Å². The largest absolute Gasteiger partial charge is 0.508 e. The SMILES string of the molecule is CN=C(NCCc1ccc(OC)cc1O)NC1CCN(Cc2ccccc2)CC1. The quantitative estimate of drug-likeness (QED) is 0.496. The van der Waals surface area contributed by atoms with Crippen LogP contribution in [0.5, 0.6) is 11.5 Å². The van der Waals surface area contributed by atoms with Gasteiger partial charge in [-0.25, -0.2) is 0 Å². The smallest absolute Gasteiger partial charge is 0.191 e. The van der Waals surface area contributed by atoms with E-state index in [4.69, 9.17) is 4.74 Å². The van der Waals surface area contributed by atoms with E-state index in [0.29, 0.717) is 24.8 Å². The van der Waals surface area contributed by atoms with Gasteiger partial charge in [0.25, 0.3) is 0 Å². The predicted molar refractivity (Wildman–Crippen MR) is 118 cm³/mol. The minimum absolute atomic E-state index is 0.264. The van der Waals surface area contributed by atoms with Crippen LogP contribution in [0.2, 0.25) is 0 Å². The molecule has 0 spiro atoms. The first-order chi connectivity index (χ1) is 14.2. The first kappa shape index (κ1) is 21.0. The van der Waals surface area contributed by atoms with Crippen LogP contribution in [0, 0.1) is 0 Å². The Balaban J connectivity index is 1.39. The molecule has 3 N–H and O–H groups in total. The highest BCUT2D eigenvalue weighted by Gasteiger charge is 2.20. The molecule has 2 aromatic carbocycles. The summed E-state index contributed by atoms with van der Waals surface area (Å²) in [5.74, 6) is 1.75. The van der Waals surface area contributed by atoms with Crippen LogP contribution in [0.15, 0.2) is 53.5 Å².